The molecular formula is C52H69N17O12. The Balaban J connectivity index is 1.61. The fourth-order valence-electron chi connectivity index (χ4n) is 7.78. The molecule has 0 saturated carbocycles. The maximum Gasteiger partial charge on any atom is 0.255 e. The molecule has 0 aliphatic carbocycles. The second-order valence-electron chi connectivity index (χ2n) is 17.6. The van der Waals surface area contributed by atoms with Gasteiger partial charge in [0.25, 0.3) is 23.6 Å². The number of nitrogens with zero attached hydrogens (tertiary/aromatic N) is 3. The van der Waals surface area contributed by atoms with Gasteiger partial charge in [0, 0.05) is 49.3 Å². The number of nitrogens with two attached hydrogens (primary N) is 7. The average molecular weight is 1120 g/mol. The molecule has 8 amide bonds. The van der Waals surface area contributed by atoms with E-state index in [1.54, 1.807) is 0 Å². The Morgan fingerprint density at radius 1 is 0.407 bits per heavy atom. The van der Waals surface area contributed by atoms with E-state index < -0.39 is 59.5 Å². The summed E-state index contributed by atoms with van der Waals surface area (Å²) in [6.07, 6.45) is 0.702. The molecule has 3 atom stereocenters. The first-order valence-corrected chi connectivity index (χ1v) is 24.9. The van der Waals surface area contributed by atoms with Crippen molar-refractivity contribution in [1.82, 2.24) is 16.0 Å². The maximum absolute atomic E-state index is 14.3. The first-order chi connectivity index (χ1) is 38.6. The highest BCUT2D eigenvalue weighted by Crippen LogP contribution is 2.28. The number of methoxy groups -OCH3 is 4. The quantitative estimate of drug-likeness (QED) is 0.0188. The number of aliphatic imine (C=N–C) groups is 3. The predicted octanol–water partition coefficient (Wildman–Crippen LogP) is 0.150. The largest absolute Gasteiger partial charge is 0.496 e. The number of guanidine groups is 3. The van der Waals surface area contributed by atoms with Crippen molar-refractivity contribution in [2.45, 2.75) is 63.6 Å². The van der Waals surface area contributed by atoms with Crippen molar-refractivity contribution in [3.05, 3.63) is 95.1 Å². The number of nitrogens with one attached hydrogen (secondary N) is 7. The molecule has 0 aliphatic rings. The molecule has 0 radical (unpaired) electrons. The van der Waals surface area contributed by atoms with E-state index in [-0.39, 0.29) is 144 Å². The summed E-state index contributed by atoms with van der Waals surface area (Å²) in [4.78, 5) is 120. The summed E-state index contributed by atoms with van der Waals surface area (Å²) in [7, 11) is 5.31. The van der Waals surface area contributed by atoms with Crippen LogP contribution in [0.4, 0.5) is 22.7 Å². The molecule has 0 spiro atoms. The molecule has 21 N–H and O–H groups in total. The van der Waals surface area contributed by atoms with Crippen LogP contribution in [-0.2, 0) is 19.2 Å². The van der Waals surface area contributed by atoms with E-state index in [9.17, 15) is 38.4 Å². The number of rotatable bonds is 30. The molecule has 0 aliphatic heterocycles. The number of benzene rings is 4. The van der Waals surface area contributed by atoms with Crippen molar-refractivity contribution < 1.29 is 57.3 Å². The predicted molar refractivity (Wildman–Crippen MR) is 304 cm³/mol. The van der Waals surface area contributed by atoms with Gasteiger partial charge in [0.2, 0.25) is 23.6 Å². The van der Waals surface area contributed by atoms with Crippen LogP contribution in [0.1, 0.15) is 86.9 Å². The molecule has 4 rings (SSSR count). The van der Waals surface area contributed by atoms with Crippen LogP contribution in [-0.4, -0.2) is 131 Å². The number of carbonyl (C=O) groups is 8. The molecule has 81 heavy (non-hydrogen) atoms. The van der Waals surface area contributed by atoms with E-state index >= 15 is 0 Å². The van der Waals surface area contributed by atoms with E-state index in [0.717, 1.165) is 0 Å². The Morgan fingerprint density at radius 2 is 0.667 bits per heavy atom. The van der Waals surface area contributed by atoms with Gasteiger partial charge in [-0.05, 0) is 111 Å². The lowest BCUT2D eigenvalue weighted by molar-refractivity contribution is -0.118. The van der Waals surface area contributed by atoms with Gasteiger partial charge in [-0.15, -0.1) is 0 Å². The molecule has 4 aromatic rings. The van der Waals surface area contributed by atoms with Gasteiger partial charge in [-0.2, -0.15) is 0 Å². The first kappa shape index (κ1) is 63.2. The van der Waals surface area contributed by atoms with Crippen LogP contribution >= 0.6 is 0 Å². The molecular weight excluding hydrogens is 1050 g/mol. The third kappa shape index (κ3) is 19.9. The van der Waals surface area contributed by atoms with E-state index in [0.29, 0.717) is 5.69 Å². The normalized spacial score (nSPS) is 11.6. The topological polar surface area (TPSA) is 477 Å². The van der Waals surface area contributed by atoms with Crippen LogP contribution in [0.2, 0.25) is 0 Å². The minimum atomic E-state index is -1.30. The zero-order valence-corrected chi connectivity index (χ0v) is 45.3. The van der Waals surface area contributed by atoms with Crippen LogP contribution in [0.5, 0.6) is 23.0 Å². The van der Waals surface area contributed by atoms with Gasteiger partial charge in [0.1, 0.15) is 41.1 Å². The minimum absolute atomic E-state index is 0.00551. The summed E-state index contributed by atoms with van der Waals surface area (Å²) in [5.41, 5.74) is 39.0. The Hall–Kier alpha value is -10.4. The van der Waals surface area contributed by atoms with Crippen LogP contribution in [0.25, 0.3) is 0 Å². The standard InChI is InChI=1S/C52H69N17O12/c1-27(70)63-28-12-17-40(79-3)33(24-28)44(72)67-37(10-7-21-61-51(56)57)48(76)65-30-14-19-42(81-5)35(26-30)46(74)69-38(11-8-22-62-52(58)59)49(77)66-31-15-18-41(80-4)34(25-31)45(73)68-36(9-6-20-60-50(54)55)47(75)64-29-13-16-39(78-2)32(23-29)43(53)71/h12-19,23-26,36-38H,6-11,20-22H2,1-5H3,(H2,53,71)(H,63,70)(H,64,75)(H,65,76)(H,66,77)(H,67,72)(H,68,73)(H,69,74)(H4,54,55,60)(H4,56,57,61)(H4,58,59,62)/t36-,37-,38-/m1/s1. The molecule has 0 fully saturated rings. The van der Waals surface area contributed by atoms with Gasteiger partial charge >= 0.3 is 0 Å². The lowest BCUT2D eigenvalue weighted by atomic mass is 10.1. The summed E-state index contributed by atoms with van der Waals surface area (Å²) in [6, 6.07) is 13.2. The van der Waals surface area contributed by atoms with Crippen LogP contribution in [0, 0.1) is 0 Å². The lowest BCUT2D eigenvalue weighted by Crippen LogP contribution is -2.44. The average Bonchev–Trinajstić information content (AvgIpc) is 3.43. The van der Waals surface area contributed by atoms with Gasteiger partial charge in [-0.1, -0.05) is 0 Å². The third-order valence-electron chi connectivity index (χ3n) is 11.6. The number of carbonyl (C=O) groups excluding carboxylic acids is 8. The number of ether oxygens (including phenoxy) is 4. The zero-order valence-electron chi connectivity index (χ0n) is 45.3. The molecule has 29 nitrogen and oxygen atoms in total. The van der Waals surface area contributed by atoms with Crippen molar-refractivity contribution in [2.75, 3.05) is 69.3 Å². The minimum Gasteiger partial charge on any atom is -0.496 e. The number of primary amides is 1. The van der Waals surface area contributed by atoms with Crippen molar-refractivity contribution in [2.24, 2.45) is 55.1 Å². The monoisotopic (exact) mass is 1120 g/mol. The molecule has 434 valence electrons. The van der Waals surface area contributed by atoms with Crippen molar-refractivity contribution >= 4 is 87.9 Å². The van der Waals surface area contributed by atoms with Gasteiger partial charge in [-0.3, -0.25) is 53.3 Å². The molecule has 0 heterocycles. The highest BCUT2D eigenvalue weighted by atomic mass is 16.5. The van der Waals surface area contributed by atoms with Crippen molar-refractivity contribution in [1.29, 1.82) is 0 Å². The summed E-state index contributed by atoms with van der Waals surface area (Å²) in [5, 5.41) is 18.8. The van der Waals surface area contributed by atoms with Crippen molar-refractivity contribution in [3.63, 3.8) is 0 Å². The molecule has 0 bridgehead atoms. The number of hydrogen-bond donors (Lipinski definition) is 14. The highest BCUT2D eigenvalue weighted by molar-refractivity contribution is 6.07. The van der Waals surface area contributed by atoms with E-state index in [1.165, 1.54) is 108 Å². The molecule has 0 unspecified atom stereocenters. The Bertz CT molecular complexity index is 3030. The van der Waals surface area contributed by atoms with Crippen LogP contribution < -0.4 is 96.3 Å². The summed E-state index contributed by atoms with van der Waals surface area (Å²) in [6.45, 7) is 1.60. The van der Waals surface area contributed by atoms with Gasteiger partial charge in [0.05, 0.1) is 50.7 Å². The van der Waals surface area contributed by atoms with Gasteiger partial charge in [-0.25, -0.2) is 0 Å². The Kier molecular flexibility index (Phi) is 24.3. The van der Waals surface area contributed by atoms with E-state index in [4.69, 9.17) is 59.1 Å². The second kappa shape index (κ2) is 31.2. The Labute approximate surface area is 465 Å². The van der Waals surface area contributed by atoms with Gasteiger partial charge < -0.3 is 96.3 Å². The number of amides is 8. The smallest absolute Gasteiger partial charge is 0.255 e. The highest BCUT2D eigenvalue weighted by Gasteiger charge is 2.28. The molecule has 29 heteroatoms. The van der Waals surface area contributed by atoms with Crippen LogP contribution in [0.3, 0.4) is 0 Å². The SMILES string of the molecule is COc1ccc(NC(=O)[C@@H](CCCN=C(N)N)NC(=O)c2cc(NC(=O)[C@@H](CCCN=C(N)N)NC(=O)c3cc(NC(=O)[C@@H](CCCN=C(N)N)NC(=O)c4cc(NC(C)=O)ccc4OC)ccc3OC)ccc2OC)cc1C(N)=O. The van der Waals surface area contributed by atoms with Crippen molar-refractivity contribution in [3.8, 4) is 23.0 Å². The fraction of sp³-hybridized carbons (Fsp3) is 0.327. The molecule has 0 saturated heterocycles. The van der Waals surface area contributed by atoms with Crippen LogP contribution in [0.15, 0.2) is 87.8 Å². The summed E-state index contributed by atoms with van der Waals surface area (Å²) in [5.74, 6) is -5.80. The first-order valence-electron chi connectivity index (χ1n) is 24.9. The Morgan fingerprint density at radius 3 is 0.914 bits per heavy atom. The number of anilines is 4. The fourth-order valence-corrected chi connectivity index (χ4v) is 7.78. The van der Waals surface area contributed by atoms with E-state index in [1.807, 2.05) is 0 Å². The summed E-state index contributed by atoms with van der Waals surface area (Å²) >= 11 is 0. The third-order valence-corrected chi connectivity index (χ3v) is 11.6. The molecule has 0 aromatic heterocycles. The maximum atomic E-state index is 14.3. The second-order valence-corrected chi connectivity index (χ2v) is 17.6. The number of hydrogen-bond acceptors (Lipinski definition) is 15. The van der Waals surface area contributed by atoms with E-state index in [2.05, 4.69) is 52.2 Å². The zero-order chi connectivity index (χ0) is 59.8. The molecule has 4 aromatic carbocycles. The lowest BCUT2D eigenvalue weighted by Gasteiger charge is -2.21. The van der Waals surface area contributed by atoms with Gasteiger partial charge in [0.15, 0.2) is 17.9 Å². The summed E-state index contributed by atoms with van der Waals surface area (Å²) < 4.78 is 21.6.